The minimum Gasteiger partial charge on any atom is -0.444 e. The molecule has 25 heavy (non-hydrogen) atoms. The summed E-state index contributed by atoms with van der Waals surface area (Å²) in [5, 5.41) is 3.77. The molecular formula is C21H34N2O2. The lowest BCUT2D eigenvalue weighted by molar-refractivity contribution is 0.0256. The summed E-state index contributed by atoms with van der Waals surface area (Å²) in [7, 11) is 0. The standard InChI is InChI=1S/C21H34N2O2/c1-15-9-10-16(2)19(14-15)17(3)22-18-8-7-12-23(13-11-18)20(24)25-21(4,5)6/h9-10,14,17-18,22H,7-8,11-13H2,1-6H3. The summed E-state index contributed by atoms with van der Waals surface area (Å²) in [6.45, 7) is 13.8. The molecule has 1 aliphatic heterocycles. The van der Waals surface area contributed by atoms with E-state index in [-0.39, 0.29) is 6.09 Å². The Bertz CT molecular complexity index is 592. The number of hydrogen-bond donors (Lipinski definition) is 1. The molecule has 2 atom stereocenters. The van der Waals surface area contributed by atoms with Gasteiger partial charge in [-0.3, -0.25) is 0 Å². The van der Waals surface area contributed by atoms with E-state index in [2.05, 4.69) is 44.3 Å². The molecule has 0 radical (unpaired) electrons. The molecule has 0 saturated carbocycles. The zero-order valence-corrected chi connectivity index (χ0v) is 16.7. The largest absolute Gasteiger partial charge is 0.444 e. The van der Waals surface area contributed by atoms with Crippen LogP contribution in [0.25, 0.3) is 0 Å². The highest BCUT2D eigenvalue weighted by molar-refractivity contribution is 5.68. The molecule has 1 heterocycles. The molecule has 1 amide bonds. The van der Waals surface area contributed by atoms with Crippen LogP contribution in [0.2, 0.25) is 0 Å². The summed E-state index contributed by atoms with van der Waals surface area (Å²) in [5.74, 6) is 0. The maximum Gasteiger partial charge on any atom is 0.410 e. The van der Waals surface area contributed by atoms with Crippen molar-refractivity contribution in [3.8, 4) is 0 Å². The van der Waals surface area contributed by atoms with Gasteiger partial charge in [0.05, 0.1) is 0 Å². The lowest BCUT2D eigenvalue weighted by Gasteiger charge is -2.27. The Morgan fingerprint density at radius 1 is 1.24 bits per heavy atom. The van der Waals surface area contributed by atoms with Crippen molar-refractivity contribution in [2.24, 2.45) is 0 Å². The van der Waals surface area contributed by atoms with Gasteiger partial charge in [0.1, 0.15) is 5.60 Å². The van der Waals surface area contributed by atoms with E-state index in [1.807, 2.05) is 25.7 Å². The number of nitrogens with zero attached hydrogens (tertiary/aromatic N) is 1. The zero-order valence-electron chi connectivity index (χ0n) is 16.7. The Morgan fingerprint density at radius 3 is 2.64 bits per heavy atom. The van der Waals surface area contributed by atoms with Crippen molar-refractivity contribution in [1.29, 1.82) is 0 Å². The molecule has 0 spiro atoms. The highest BCUT2D eigenvalue weighted by atomic mass is 16.6. The van der Waals surface area contributed by atoms with Crippen molar-refractivity contribution in [3.63, 3.8) is 0 Å². The van der Waals surface area contributed by atoms with Crippen LogP contribution in [0.4, 0.5) is 4.79 Å². The Labute approximate surface area is 152 Å². The smallest absolute Gasteiger partial charge is 0.410 e. The third-order valence-electron chi connectivity index (χ3n) is 4.77. The molecule has 1 aromatic carbocycles. The number of carbonyl (C=O) groups excluding carboxylic acids is 1. The minimum atomic E-state index is -0.432. The molecular weight excluding hydrogens is 312 g/mol. The third kappa shape index (κ3) is 6.03. The topological polar surface area (TPSA) is 41.6 Å². The first-order chi connectivity index (χ1) is 11.7. The van der Waals surface area contributed by atoms with Crippen LogP contribution in [0.15, 0.2) is 18.2 Å². The van der Waals surface area contributed by atoms with Gasteiger partial charge in [0.25, 0.3) is 0 Å². The Hall–Kier alpha value is -1.55. The van der Waals surface area contributed by atoms with E-state index in [4.69, 9.17) is 4.74 Å². The second kappa shape index (κ2) is 8.22. The van der Waals surface area contributed by atoms with Crippen LogP contribution < -0.4 is 5.32 Å². The predicted octanol–water partition coefficient (Wildman–Crippen LogP) is 4.74. The van der Waals surface area contributed by atoms with Crippen LogP contribution >= 0.6 is 0 Å². The summed E-state index contributed by atoms with van der Waals surface area (Å²) in [6, 6.07) is 7.38. The number of amides is 1. The number of carbonyl (C=O) groups is 1. The summed E-state index contributed by atoms with van der Waals surface area (Å²) < 4.78 is 5.51. The van der Waals surface area contributed by atoms with Gasteiger partial charge in [0.2, 0.25) is 0 Å². The highest BCUT2D eigenvalue weighted by Crippen LogP contribution is 2.22. The van der Waals surface area contributed by atoms with Crippen LogP contribution in [0, 0.1) is 13.8 Å². The van der Waals surface area contributed by atoms with Crippen molar-refractivity contribution in [2.45, 2.75) is 78.5 Å². The van der Waals surface area contributed by atoms with Crippen molar-refractivity contribution in [2.75, 3.05) is 13.1 Å². The van der Waals surface area contributed by atoms with Gasteiger partial charge in [0.15, 0.2) is 0 Å². The fourth-order valence-corrected chi connectivity index (χ4v) is 3.44. The molecule has 1 N–H and O–H groups in total. The normalized spacial score (nSPS) is 20.1. The molecule has 0 aliphatic carbocycles. The van der Waals surface area contributed by atoms with Crippen LogP contribution in [-0.4, -0.2) is 35.7 Å². The Balaban J connectivity index is 1.92. The first-order valence-corrected chi connectivity index (χ1v) is 9.47. The van der Waals surface area contributed by atoms with Crippen LogP contribution in [0.3, 0.4) is 0 Å². The quantitative estimate of drug-likeness (QED) is 0.859. The lowest BCUT2D eigenvalue weighted by atomic mass is 9.98. The van der Waals surface area contributed by atoms with Crippen LogP contribution in [0.1, 0.15) is 69.7 Å². The number of ether oxygens (including phenoxy) is 1. The molecule has 4 heteroatoms. The maximum atomic E-state index is 12.3. The van der Waals surface area contributed by atoms with Gasteiger partial charge in [-0.05, 0) is 71.9 Å². The van der Waals surface area contributed by atoms with E-state index < -0.39 is 5.60 Å². The van der Waals surface area contributed by atoms with Gasteiger partial charge in [-0.15, -0.1) is 0 Å². The third-order valence-corrected chi connectivity index (χ3v) is 4.77. The van der Waals surface area contributed by atoms with E-state index in [9.17, 15) is 4.79 Å². The summed E-state index contributed by atoms with van der Waals surface area (Å²) in [5.41, 5.74) is 3.56. The highest BCUT2D eigenvalue weighted by Gasteiger charge is 2.25. The van der Waals surface area contributed by atoms with E-state index >= 15 is 0 Å². The molecule has 2 rings (SSSR count). The second-order valence-electron chi connectivity index (χ2n) is 8.34. The van der Waals surface area contributed by atoms with Crippen LogP contribution in [0.5, 0.6) is 0 Å². The van der Waals surface area contributed by atoms with E-state index in [1.165, 1.54) is 16.7 Å². The molecule has 1 saturated heterocycles. The van der Waals surface area contributed by atoms with E-state index in [0.29, 0.717) is 12.1 Å². The van der Waals surface area contributed by atoms with Gasteiger partial charge in [0, 0.05) is 25.2 Å². The van der Waals surface area contributed by atoms with Gasteiger partial charge >= 0.3 is 6.09 Å². The predicted molar refractivity (Wildman–Crippen MR) is 103 cm³/mol. The van der Waals surface area contributed by atoms with Crippen molar-refractivity contribution < 1.29 is 9.53 Å². The van der Waals surface area contributed by atoms with Crippen LogP contribution in [-0.2, 0) is 4.74 Å². The summed E-state index contributed by atoms with van der Waals surface area (Å²) >= 11 is 0. The first-order valence-electron chi connectivity index (χ1n) is 9.47. The number of aryl methyl sites for hydroxylation is 2. The van der Waals surface area contributed by atoms with E-state index in [0.717, 1.165) is 32.4 Å². The second-order valence-corrected chi connectivity index (χ2v) is 8.34. The van der Waals surface area contributed by atoms with Gasteiger partial charge in [-0.25, -0.2) is 4.79 Å². The molecule has 2 unspecified atom stereocenters. The Morgan fingerprint density at radius 2 is 1.96 bits per heavy atom. The SMILES string of the molecule is Cc1ccc(C)c(C(C)NC2CCCN(C(=O)OC(C)(C)C)CC2)c1. The van der Waals surface area contributed by atoms with Gasteiger partial charge < -0.3 is 15.0 Å². The number of benzene rings is 1. The monoisotopic (exact) mass is 346 g/mol. The van der Waals surface area contributed by atoms with E-state index in [1.54, 1.807) is 0 Å². The molecule has 1 fully saturated rings. The number of hydrogen-bond acceptors (Lipinski definition) is 3. The van der Waals surface area contributed by atoms with Gasteiger partial charge in [-0.2, -0.15) is 0 Å². The minimum absolute atomic E-state index is 0.185. The average Bonchev–Trinajstić information content (AvgIpc) is 2.73. The summed E-state index contributed by atoms with van der Waals surface area (Å²) in [6.07, 6.45) is 2.88. The van der Waals surface area contributed by atoms with Gasteiger partial charge in [-0.1, -0.05) is 23.8 Å². The molecule has 1 aliphatic rings. The fourth-order valence-electron chi connectivity index (χ4n) is 3.44. The van der Waals surface area contributed by atoms with Crippen molar-refractivity contribution >= 4 is 6.09 Å². The fraction of sp³-hybridized carbons (Fsp3) is 0.667. The Kier molecular flexibility index (Phi) is 6.50. The molecule has 4 nitrogen and oxygen atoms in total. The molecule has 0 aromatic heterocycles. The first kappa shape index (κ1) is 19.8. The zero-order chi connectivity index (χ0) is 18.6. The molecule has 1 aromatic rings. The summed E-state index contributed by atoms with van der Waals surface area (Å²) in [4.78, 5) is 14.1. The number of rotatable bonds is 3. The molecule has 0 bridgehead atoms. The lowest BCUT2D eigenvalue weighted by Crippen LogP contribution is -2.38. The number of nitrogens with one attached hydrogen (secondary N) is 1. The average molecular weight is 347 g/mol. The maximum absolute atomic E-state index is 12.3. The van der Waals surface area contributed by atoms with Crippen molar-refractivity contribution in [1.82, 2.24) is 10.2 Å². The van der Waals surface area contributed by atoms with Crippen molar-refractivity contribution in [3.05, 3.63) is 34.9 Å². The number of likely N-dealkylation sites (tertiary alicyclic amines) is 1. The molecule has 140 valence electrons.